The van der Waals surface area contributed by atoms with Crippen LogP contribution in [0.25, 0.3) is 11.4 Å². The van der Waals surface area contributed by atoms with Crippen molar-refractivity contribution in [2.45, 2.75) is 13.5 Å². The summed E-state index contributed by atoms with van der Waals surface area (Å²) in [5.41, 5.74) is 1.44. The van der Waals surface area contributed by atoms with Gasteiger partial charge in [-0.3, -0.25) is 0 Å². The molecule has 21 heavy (non-hydrogen) atoms. The number of benzene rings is 1. The van der Waals surface area contributed by atoms with Crippen LogP contribution in [0.2, 0.25) is 0 Å². The van der Waals surface area contributed by atoms with Gasteiger partial charge in [-0.2, -0.15) is 4.80 Å². The smallest absolute Gasteiger partial charge is 0.372 e. The van der Waals surface area contributed by atoms with Crippen molar-refractivity contribution in [1.29, 1.82) is 0 Å². The molecule has 1 N–H and O–H groups in total. The number of aromatic nitrogens is 4. The number of rotatable bonds is 4. The van der Waals surface area contributed by atoms with Crippen LogP contribution in [0, 0.1) is 6.92 Å². The van der Waals surface area contributed by atoms with Crippen molar-refractivity contribution in [3.05, 3.63) is 53.5 Å². The maximum Gasteiger partial charge on any atom is 0.372 e. The summed E-state index contributed by atoms with van der Waals surface area (Å²) in [7, 11) is 0. The molecule has 0 aliphatic heterocycles. The van der Waals surface area contributed by atoms with Gasteiger partial charge in [0.15, 0.2) is 0 Å². The van der Waals surface area contributed by atoms with E-state index >= 15 is 0 Å². The Morgan fingerprint density at radius 1 is 1.33 bits per heavy atom. The molecule has 2 aromatic heterocycles. The molecule has 0 bridgehead atoms. The Kier molecular flexibility index (Phi) is 3.23. The second-order valence-electron chi connectivity index (χ2n) is 4.54. The number of aryl methyl sites for hydroxylation is 1. The third kappa shape index (κ3) is 2.66. The number of nitrogens with zero attached hydrogens (tertiary/aromatic N) is 4. The highest BCUT2D eigenvalue weighted by atomic mass is 16.4. The van der Waals surface area contributed by atoms with E-state index in [4.69, 9.17) is 9.52 Å². The van der Waals surface area contributed by atoms with E-state index in [0.717, 1.165) is 5.56 Å². The highest BCUT2D eigenvalue weighted by molar-refractivity contribution is 5.86. The highest BCUT2D eigenvalue weighted by Gasteiger charge is 2.15. The summed E-state index contributed by atoms with van der Waals surface area (Å²) in [6.45, 7) is 1.91. The molecule has 0 amide bonds. The van der Waals surface area contributed by atoms with Crippen LogP contribution in [0.15, 0.2) is 40.8 Å². The van der Waals surface area contributed by atoms with Crippen LogP contribution in [0.5, 0.6) is 0 Å². The number of aromatic carboxylic acids is 1. The lowest BCUT2D eigenvalue weighted by Crippen LogP contribution is -2.03. The maximum absolute atomic E-state index is 10.9. The number of hydrogen-bond acceptors (Lipinski definition) is 5. The predicted octanol–water partition coefficient (Wildman–Crippen LogP) is 1.99. The molecule has 2 heterocycles. The Bertz CT molecular complexity index is 777. The predicted molar refractivity (Wildman–Crippen MR) is 72.8 cm³/mol. The molecule has 0 fully saturated rings. The largest absolute Gasteiger partial charge is 0.475 e. The number of hydrogen-bond donors (Lipinski definition) is 1. The Balaban J connectivity index is 1.82. The number of carboxylic acids is 1. The van der Waals surface area contributed by atoms with E-state index < -0.39 is 5.97 Å². The fraction of sp³-hybridized carbons (Fsp3) is 0.143. The molecule has 7 heteroatoms. The van der Waals surface area contributed by atoms with Crippen molar-refractivity contribution in [2.75, 3.05) is 0 Å². The van der Waals surface area contributed by atoms with Gasteiger partial charge in [-0.05, 0) is 18.2 Å². The molecule has 0 radical (unpaired) electrons. The maximum atomic E-state index is 10.9. The van der Waals surface area contributed by atoms with Gasteiger partial charge in [-0.25, -0.2) is 4.79 Å². The van der Waals surface area contributed by atoms with Crippen LogP contribution in [0.3, 0.4) is 0 Å². The van der Waals surface area contributed by atoms with Gasteiger partial charge in [0.2, 0.25) is 11.6 Å². The van der Waals surface area contributed by atoms with E-state index in [0.29, 0.717) is 17.1 Å². The Morgan fingerprint density at radius 2 is 2.10 bits per heavy atom. The van der Waals surface area contributed by atoms with E-state index in [9.17, 15) is 4.79 Å². The number of carbonyl (C=O) groups is 1. The minimum absolute atomic E-state index is 0.0617. The normalized spacial score (nSPS) is 10.7. The molecule has 3 aromatic rings. The molecule has 0 spiro atoms. The molecule has 0 unspecified atom stereocenters. The minimum atomic E-state index is -1.09. The van der Waals surface area contributed by atoms with Crippen molar-refractivity contribution in [1.82, 2.24) is 20.2 Å². The van der Waals surface area contributed by atoms with Crippen molar-refractivity contribution < 1.29 is 14.3 Å². The van der Waals surface area contributed by atoms with Gasteiger partial charge in [-0.1, -0.05) is 30.3 Å². The zero-order valence-electron chi connectivity index (χ0n) is 11.2. The summed E-state index contributed by atoms with van der Waals surface area (Å²) in [4.78, 5) is 12.3. The lowest BCUT2D eigenvalue weighted by molar-refractivity contribution is 0.0659. The molecule has 0 aliphatic carbocycles. The first kappa shape index (κ1) is 13.0. The average molecular weight is 284 g/mol. The fourth-order valence-electron chi connectivity index (χ4n) is 1.99. The zero-order valence-corrected chi connectivity index (χ0v) is 11.2. The van der Waals surface area contributed by atoms with Gasteiger partial charge >= 0.3 is 5.97 Å². The van der Waals surface area contributed by atoms with E-state index in [-0.39, 0.29) is 12.3 Å². The Labute approximate surface area is 119 Å². The molecule has 7 nitrogen and oxygen atoms in total. The molecule has 1 aromatic carbocycles. The molecule has 0 aliphatic rings. The van der Waals surface area contributed by atoms with Crippen molar-refractivity contribution in [3.63, 3.8) is 0 Å². The topological polar surface area (TPSA) is 94.0 Å². The number of furan rings is 1. The molecule has 0 atom stereocenters. The summed E-state index contributed by atoms with van der Waals surface area (Å²) < 4.78 is 5.27. The standard InChI is InChI=1S/C14H12N4O3/c1-9-7-11(21-12(9)14(19)20)8-18-16-13(15-17-18)10-5-3-2-4-6-10/h2-7H,8H2,1H3,(H,19,20). The molecular weight excluding hydrogens is 272 g/mol. The second-order valence-corrected chi connectivity index (χ2v) is 4.54. The monoisotopic (exact) mass is 284 g/mol. The average Bonchev–Trinajstić information content (AvgIpc) is 3.07. The van der Waals surface area contributed by atoms with E-state index in [1.165, 1.54) is 4.80 Å². The van der Waals surface area contributed by atoms with E-state index in [1.54, 1.807) is 13.0 Å². The van der Waals surface area contributed by atoms with Crippen LogP contribution in [0.1, 0.15) is 21.9 Å². The molecule has 3 rings (SSSR count). The van der Waals surface area contributed by atoms with Crippen LogP contribution in [0.4, 0.5) is 0 Å². The summed E-state index contributed by atoms with van der Waals surface area (Å²) in [6.07, 6.45) is 0. The van der Waals surface area contributed by atoms with Gasteiger partial charge in [0.25, 0.3) is 0 Å². The van der Waals surface area contributed by atoms with E-state index in [1.807, 2.05) is 30.3 Å². The Morgan fingerprint density at radius 3 is 2.76 bits per heavy atom. The third-order valence-corrected chi connectivity index (χ3v) is 2.95. The Hall–Kier alpha value is -2.96. The van der Waals surface area contributed by atoms with Crippen molar-refractivity contribution >= 4 is 5.97 Å². The van der Waals surface area contributed by atoms with Gasteiger partial charge < -0.3 is 9.52 Å². The molecule has 0 saturated heterocycles. The summed E-state index contributed by atoms with van der Waals surface area (Å²) in [6, 6.07) is 11.1. The first-order valence-corrected chi connectivity index (χ1v) is 6.29. The molecular formula is C14H12N4O3. The van der Waals surface area contributed by atoms with Gasteiger partial charge in [-0.15, -0.1) is 10.2 Å². The first-order chi connectivity index (χ1) is 10.1. The molecule has 106 valence electrons. The summed E-state index contributed by atoms with van der Waals surface area (Å²) in [5.74, 6) is -0.164. The lowest BCUT2D eigenvalue weighted by Gasteiger charge is -1.94. The van der Waals surface area contributed by atoms with Crippen LogP contribution < -0.4 is 0 Å². The van der Waals surface area contributed by atoms with Crippen molar-refractivity contribution in [3.8, 4) is 11.4 Å². The third-order valence-electron chi connectivity index (χ3n) is 2.95. The lowest BCUT2D eigenvalue weighted by atomic mass is 10.2. The molecule has 0 saturated carbocycles. The van der Waals surface area contributed by atoms with Gasteiger partial charge in [0, 0.05) is 11.1 Å². The minimum Gasteiger partial charge on any atom is -0.475 e. The highest BCUT2D eigenvalue weighted by Crippen LogP contribution is 2.16. The van der Waals surface area contributed by atoms with E-state index in [2.05, 4.69) is 15.4 Å². The van der Waals surface area contributed by atoms with Crippen molar-refractivity contribution in [2.24, 2.45) is 0 Å². The van der Waals surface area contributed by atoms with Gasteiger partial charge in [0.05, 0.1) is 0 Å². The fourth-order valence-corrected chi connectivity index (χ4v) is 1.99. The quantitative estimate of drug-likeness (QED) is 0.787. The number of carboxylic acid groups (broad SMARTS) is 1. The first-order valence-electron chi connectivity index (χ1n) is 6.29. The number of tetrazole rings is 1. The second kappa shape index (κ2) is 5.20. The summed E-state index contributed by atoms with van der Waals surface area (Å²) >= 11 is 0. The summed E-state index contributed by atoms with van der Waals surface area (Å²) in [5, 5.41) is 21.1. The van der Waals surface area contributed by atoms with Crippen LogP contribution >= 0.6 is 0 Å². The SMILES string of the molecule is Cc1cc(Cn2nnc(-c3ccccc3)n2)oc1C(=O)O. The van der Waals surface area contributed by atoms with Crippen LogP contribution in [-0.4, -0.2) is 31.3 Å². The van der Waals surface area contributed by atoms with Crippen LogP contribution in [-0.2, 0) is 6.54 Å². The zero-order chi connectivity index (χ0) is 14.8. The van der Waals surface area contributed by atoms with Gasteiger partial charge in [0.1, 0.15) is 12.3 Å².